The Kier molecular flexibility index (Phi) is 5.15. The minimum Gasteiger partial charge on any atom is -0.481 e. The topological polar surface area (TPSA) is 96.5 Å². The van der Waals surface area contributed by atoms with Crippen molar-refractivity contribution in [1.29, 1.82) is 0 Å². The molecule has 1 N–H and O–H groups in total. The summed E-state index contributed by atoms with van der Waals surface area (Å²) < 4.78 is 5.13. The lowest BCUT2D eigenvalue weighted by molar-refractivity contribution is -0.141. The fourth-order valence-corrected chi connectivity index (χ4v) is 2.72. The number of aromatic nitrogens is 2. The van der Waals surface area contributed by atoms with Gasteiger partial charge in [0.25, 0.3) is 0 Å². The second kappa shape index (κ2) is 6.89. The maximum atomic E-state index is 12.3. The molecule has 2 atom stereocenters. The number of hydrogen-bond acceptors (Lipinski definition) is 5. The van der Waals surface area contributed by atoms with E-state index in [2.05, 4.69) is 10.1 Å². The van der Waals surface area contributed by atoms with Crippen molar-refractivity contribution < 1.29 is 19.2 Å². The second-order valence-electron chi connectivity index (χ2n) is 6.26. The van der Waals surface area contributed by atoms with Crippen molar-refractivity contribution in [2.45, 2.75) is 45.4 Å². The van der Waals surface area contributed by atoms with Crippen molar-refractivity contribution >= 4 is 11.9 Å². The van der Waals surface area contributed by atoms with Crippen molar-refractivity contribution in [1.82, 2.24) is 15.0 Å². The standard InChI is InChI=1S/C15H23N3O4/c1-9(2)13-16-12(17-22-13)6-7-18(3)14(19)10-4-5-11(8-10)15(20)21/h9-11H,4-8H2,1-3H3,(H,20,21)/t10-,11+/m0/s1. The first kappa shape index (κ1) is 16.5. The maximum Gasteiger partial charge on any atom is 0.306 e. The molecule has 1 fully saturated rings. The van der Waals surface area contributed by atoms with Crippen molar-refractivity contribution in [2.75, 3.05) is 13.6 Å². The van der Waals surface area contributed by atoms with Crippen molar-refractivity contribution in [3.63, 3.8) is 0 Å². The highest BCUT2D eigenvalue weighted by Crippen LogP contribution is 2.32. The molecule has 1 heterocycles. The molecule has 2 rings (SSSR count). The summed E-state index contributed by atoms with van der Waals surface area (Å²) in [5, 5.41) is 12.9. The van der Waals surface area contributed by atoms with E-state index in [-0.39, 0.29) is 23.7 Å². The highest BCUT2D eigenvalue weighted by Gasteiger charge is 2.35. The van der Waals surface area contributed by atoms with Gasteiger partial charge in [0.2, 0.25) is 11.8 Å². The van der Waals surface area contributed by atoms with E-state index in [9.17, 15) is 9.59 Å². The fourth-order valence-electron chi connectivity index (χ4n) is 2.72. The van der Waals surface area contributed by atoms with E-state index < -0.39 is 5.97 Å². The third-order valence-corrected chi connectivity index (χ3v) is 4.16. The zero-order valence-electron chi connectivity index (χ0n) is 13.3. The maximum absolute atomic E-state index is 12.3. The van der Waals surface area contributed by atoms with Crippen LogP contribution in [-0.4, -0.2) is 45.6 Å². The number of carboxylic acids is 1. The number of nitrogens with zero attached hydrogens (tertiary/aromatic N) is 3. The molecule has 1 aliphatic rings. The van der Waals surface area contributed by atoms with Crippen LogP contribution in [0.3, 0.4) is 0 Å². The Morgan fingerprint density at radius 3 is 2.59 bits per heavy atom. The molecule has 0 radical (unpaired) electrons. The number of carbonyl (C=O) groups is 2. The number of rotatable bonds is 6. The summed E-state index contributed by atoms with van der Waals surface area (Å²) in [6, 6.07) is 0. The number of hydrogen-bond donors (Lipinski definition) is 1. The molecular formula is C15H23N3O4. The van der Waals surface area contributed by atoms with Gasteiger partial charge in [0.1, 0.15) is 0 Å². The van der Waals surface area contributed by atoms with Gasteiger partial charge in [-0.3, -0.25) is 9.59 Å². The Morgan fingerprint density at radius 1 is 1.36 bits per heavy atom. The van der Waals surface area contributed by atoms with Crippen LogP contribution in [0.2, 0.25) is 0 Å². The van der Waals surface area contributed by atoms with Gasteiger partial charge < -0.3 is 14.5 Å². The van der Waals surface area contributed by atoms with E-state index in [4.69, 9.17) is 9.63 Å². The van der Waals surface area contributed by atoms with E-state index >= 15 is 0 Å². The van der Waals surface area contributed by atoms with Gasteiger partial charge in [0.15, 0.2) is 5.82 Å². The lowest BCUT2D eigenvalue weighted by Crippen LogP contribution is -2.33. The Bertz CT molecular complexity index is 541. The van der Waals surface area contributed by atoms with Crippen LogP contribution in [0.15, 0.2) is 4.52 Å². The normalized spacial score (nSPS) is 21.3. The molecule has 0 saturated heterocycles. The van der Waals surface area contributed by atoms with E-state index in [0.29, 0.717) is 43.9 Å². The minimum atomic E-state index is -0.800. The second-order valence-corrected chi connectivity index (χ2v) is 6.26. The van der Waals surface area contributed by atoms with E-state index in [1.165, 1.54) is 0 Å². The van der Waals surface area contributed by atoms with Gasteiger partial charge in [-0.25, -0.2) is 0 Å². The van der Waals surface area contributed by atoms with Crippen LogP contribution < -0.4 is 0 Å². The molecule has 0 aromatic carbocycles. The van der Waals surface area contributed by atoms with E-state index in [0.717, 1.165) is 0 Å². The average molecular weight is 309 g/mol. The number of carbonyl (C=O) groups excluding carboxylic acids is 1. The molecule has 7 nitrogen and oxygen atoms in total. The predicted octanol–water partition coefficient (Wildman–Crippen LogP) is 1.69. The Balaban J connectivity index is 1.82. The first-order chi connectivity index (χ1) is 10.4. The number of likely N-dealkylation sites (N-methyl/N-ethyl adjacent to an activating group) is 1. The summed E-state index contributed by atoms with van der Waals surface area (Å²) in [5.41, 5.74) is 0. The van der Waals surface area contributed by atoms with E-state index in [1.54, 1.807) is 11.9 Å². The van der Waals surface area contributed by atoms with Crippen LogP contribution in [0, 0.1) is 11.8 Å². The lowest BCUT2D eigenvalue weighted by Gasteiger charge is -2.20. The van der Waals surface area contributed by atoms with Crippen LogP contribution in [0.25, 0.3) is 0 Å². The smallest absolute Gasteiger partial charge is 0.306 e. The molecule has 0 unspecified atom stereocenters. The van der Waals surface area contributed by atoms with Gasteiger partial charge in [-0.1, -0.05) is 19.0 Å². The Labute approximate surface area is 129 Å². The van der Waals surface area contributed by atoms with Gasteiger partial charge in [-0.05, 0) is 19.3 Å². The largest absolute Gasteiger partial charge is 0.481 e. The summed E-state index contributed by atoms with van der Waals surface area (Å²) in [6.45, 7) is 4.46. The number of carboxylic acid groups (broad SMARTS) is 1. The van der Waals surface area contributed by atoms with Gasteiger partial charge in [0, 0.05) is 31.8 Å². The van der Waals surface area contributed by atoms with Crippen molar-refractivity contribution in [3.05, 3.63) is 11.7 Å². The quantitative estimate of drug-likeness (QED) is 0.859. The molecule has 122 valence electrons. The third kappa shape index (κ3) is 3.84. The van der Waals surface area contributed by atoms with Crippen LogP contribution in [0.1, 0.15) is 50.7 Å². The monoisotopic (exact) mass is 309 g/mol. The minimum absolute atomic E-state index is 0.0105. The number of aliphatic carboxylic acids is 1. The van der Waals surface area contributed by atoms with Crippen molar-refractivity contribution in [3.8, 4) is 0 Å². The third-order valence-electron chi connectivity index (χ3n) is 4.16. The van der Waals surface area contributed by atoms with Gasteiger partial charge >= 0.3 is 5.97 Å². The van der Waals surface area contributed by atoms with Crippen LogP contribution in [0.5, 0.6) is 0 Å². The summed E-state index contributed by atoms with van der Waals surface area (Å²) >= 11 is 0. The van der Waals surface area contributed by atoms with E-state index in [1.807, 2.05) is 13.8 Å². The summed E-state index contributed by atoms with van der Waals surface area (Å²) in [6.07, 6.45) is 2.22. The van der Waals surface area contributed by atoms with Crippen LogP contribution in [-0.2, 0) is 16.0 Å². The lowest BCUT2D eigenvalue weighted by atomic mass is 10.0. The Morgan fingerprint density at radius 2 is 2.05 bits per heavy atom. The van der Waals surface area contributed by atoms with Gasteiger partial charge in [-0.2, -0.15) is 4.98 Å². The molecule has 1 aliphatic carbocycles. The molecule has 22 heavy (non-hydrogen) atoms. The molecule has 1 aromatic rings. The van der Waals surface area contributed by atoms with Crippen LogP contribution >= 0.6 is 0 Å². The molecule has 0 aliphatic heterocycles. The first-order valence-corrected chi connectivity index (χ1v) is 7.68. The molecule has 7 heteroatoms. The Hall–Kier alpha value is -1.92. The van der Waals surface area contributed by atoms with Crippen molar-refractivity contribution in [2.24, 2.45) is 11.8 Å². The SMILES string of the molecule is CC(C)c1nc(CCN(C)C(=O)[C@H]2CC[C@@H](C(=O)O)C2)no1. The number of amides is 1. The highest BCUT2D eigenvalue weighted by atomic mass is 16.5. The molecule has 1 aromatic heterocycles. The van der Waals surface area contributed by atoms with Gasteiger partial charge in [-0.15, -0.1) is 0 Å². The molecule has 0 spiro atoms. The zero-order valence-corrected chi connectivity index (χ0v) is 13.3. The summed E-state index contributed by atoms with van der Waals surface area (Å²) in [4.78, 5) is 29.2. The molecule has 1 saturated carbocycles. The predicted molar refractivity (Wildman–Crippen MR) is 78.2 cm³/mol. The average Bonchev–Trinajstić information content (AvgIpc) is 3.12. The van der Waals surface area contributed by atoms with Gasteiger partial charge in [0.05, 0.1) is 5.92 Å². The van der Waals surface area contributed by atoms with Crippen LogP contribution in [0.4, 0.5) is 0 Å². The fraction of sp³-hybridized carbons (Fsp3) is 0.733. The zero-order chi connectivity index (χ0) is 16.3. The molecular weight excluding hydrogens is 286 g/mol. The summed E-state index contributed by atoms with van der Waals surface area (Å²) in [5.74, 6) is 0.0346. The summed E-state index contributed by atoms with van der Waals surface area (Å²) in [7, 11) is 1.74. The first-order valence-electron chi connectivity index (χ1n) is 7.68. The molecule has 0 bridgehead atoms. The highest BCUT2D eigenvalue weighted by molar-refractivity contribution is 5.80. The molecule has 1 amide bonds.